The summed E-state index contributed by atoms with van der Waals surface area (Å²) in [6.45, 7) is 4.13. The third kappa shape index (κ3) is 1.76. The van der Waals surface area contributed by atoms with Crippen LogP contribution in [-0.4, -0.2) is 16.1 Å². The largest absolute Gasteiger partial charge is 0.298 e. The first-order valence-corrected chi connectivity index (χ1v) is 5.18. The van der Waals surface area contributed by atoms with Crippen LogP contribution in [0.1, 0.15) is 21.5 Å². The molecule has 0 spiro atoms. The molecule has 0 aliphatic heterocycles. The number of aldehydes is 1. The van der Waals surface area contributed by atoms with E-state index in [0.29, 0.717) is 5.56 Å². The smallest absolute Gasteiger partial charge is 0.153 e. The molecule has 0 aliphatic rings. The van der Waals surface area contributed by atoms with E-state index in [-0.39, 0.29) is 0 Å². The molecule has 0 unspecified atom stereocenters. The Hall–Kier alpha value is -1.90. The zero-order valence-electron chi connectivity index (χ0n) is 9.69. The summed E-state index contributed by atoms with van der Waals surface area (Å²) < 4.78 is 1.66. The quantitative estimate of drug-likeness (QED) is 0.720. The normalized spacial score (nSPS) is 10.4. The lowest BCUT2D eigenvalue weighted by Crippen LogP contribution is -1.89. The summed E-state index contributed by atoms with van der Waals surface area (Å²) in [5.74, 6) is 0. The van der Waals surface area contributed by atoms with Gasteiger partial charge in [0.1, 0.15) is 5.69 Å². The second kappa shape index (κ2) is 3.93. The third-order valence-corrected chi connectivity index (χ3v) is 2.76. The van der Waals surface area contributed by atoms with Crippen LogP contribution in [0.15, 0.2) is 24.4 Å². The van der Waals surface area contributed by atoms with Gasteiger partial charge in [0.2, 0.25) is 0 Å². The highest BCUT2D eigenvalue weighted by Crippen LogP contribution is 2.23. The maximum absolute atomic E-state index is 10.9. The number of aromatic nitrogens is 2. The van der Waals surface area contributed by atoms with E-state index in [2.05, 4.69) is 25.0 Å². The van der Waals surface area contributed by atoms with Gasteiger partial charge in [0.15, 0.2) is 6.29 Å². The summed E-state index contributed by atoms with van der Waals surface area (Å²) in [6.07, 6.45) is 2.58. The van der Waals surface area contributed by atoms with E-state index in [4.69, 9.17) is 0 Å². The highest BCUT2D eigenvalue weighted by atomic mass is 16.1. The standard InChI is InChI=1S/C13H14N2O/c1-9-4-5-11(6-10(9)2)13-12(8-16)7-15(3)14-13/h4-8H,1-3H3. The predicted molar refractivity (Wildman–Crippen MR) is 63.5 cm³/mol. The zero-order chi connectivity index (χ0) is 11.7. The number of aryl methyl sites for hydroxylation is 3. The topological polar surface area (TPSA) is 34.9 Å². The van der Waals surface area contributed by atoms with Gasteiger partial charge in [-0.25, -0.2) is 0 Å². The van der Waals surface area contributed by atoms with Crippen LogP contribution in [-0.2, 0) is 7.05 Å². The Bertz CT molecular complexity index is 541. The van der Waals surface area contributed by atoms with Gasteiger partial charge in [-0.05, 0) is 31.0 Å². The first kappa shape index (κ1) is 10.6. The molecule has 2 aromatic rings. The van der Waals surface area contributed by atoms with E-state index in [9.17, 15) is 4.79 Å². The summed E-state index contributed by atoms with van der Waals surface area (Å²) in [4.78, 5) is 10.9. The van der Waals surface area contributed by atoms with Crippen LogP contribution in [0.3, 0.4) is 0 Å². The lowest BCUT2D eigenvalue weighted by atomic mass is 10.0. The minimum Gasteiger partial charge on any atom is -0.298 e. The lowest BCUT2D eigenvalue weighted by molar-refractivity contribution is 0.112. The van der Waals surface area contributed by atoms with E-state index in [1.807, 2.05) is 19.2 Å². The van der Waals surface area contributed by atoms with Crippen molar-refractivity contribution in [1.82, 2.24) is 9.78 Å². The number of carbonyl (C=O) groups excluding carboxylic acids is 1. The van der Waals surface area contributed by atoms with Crippen molar-refractivity contribution >= 4 is 6.29 Å². The number of hydrogen-bond acceptors (Lipinski definition) is 2. The second-order valence-electron chi connectivity index (χ2n) is 4.02. The van der Waals surface area contributed by atoms with Crippen LogP contribution in [0.2, 0.25) is 0 Å². The van der Waals surface area contributed by atoms with Crippen molar-refractivity contribution in [3.8, 4) is 11.3 Å². The summed E-state index contributed by atoms with van der Waals surface area (Å²) >= 11 is 0. The zero-order valence-corrected chi connectivity index (χ0v) is 9.69. The molecule has 2 rings (SSSR count). The molecule has 0 N–H and O–H groups in total. The van der Waals surface area contributed by atoms with Crippen molar-refractivity contribution in [2.45, 2.75) is 13.8 Å². The fourth-order valence-corrected chi connectivity index (χ4v) is 1.71. The monoisotopic (exact) mass is 214 g/mol. The third-order valence-electron chi connectivity index (χ3n) is 2.76. The molecule has 82 valence electrons. The summed E-state index contributed by atoms with van der Waals surface area (Å²) in [5.41, 5.74) is 4.82. The SMILES string of the molecule is Cc1ccc(-c2nn(C)cc2C=O)cc1C. The molecule has 1 aromatic heterocycles. The minimum atomic E-state index is 0.630. The van der Waals surface area contributed by atoms with Crippen molar-refractivity contribution in [3.05, 3.63) is 41.1 Å². The van der Waals surface area contributed by atoms with Gasteiger partial charge in [0.05, 0.1) is 5.56 Å². The van der Waals surface area contributed by atoms with Gasteiger partial charge in [-0.3, -0.25) is 9.48 Å². The average Bonchev–Trinajstić information content (AvgIpc) is 2.63. The number of benzene rings is 1. The molecule has 0 radical (unpaired) electrons. The van der Waals surface area contributed by atoms with E-state index in [0.717, 1.165) is 17.5 Å². The second-order valence-corrected chi connectivity index (χ2v) is 4.02. The molecule has 0 bridgehead atoms. The molecular formula is C13H14N2O. The Balaban J connectivity index is 2.57. The van der Waals surface area contributed by atoms with Crippen molar-refractivity contribution in [2.24, 2.45) is 7.05 Å². The van der Waals surface area contributed by atoms with Crippen molar-refractivity contribution in [1.29, 1.82) is 0 Å². The highest BCUT2D eigenvalue weighted by molar-refractivity contribution is 5.85. The molecule has 0 saturated heterocycles. The highest BCUT2D eigenvalue weighted by Gasteiger charge is 2.09. The number of hydrogen-bond donors (Lipinski definition) is 0. The number of nitrogens with zero attached hydrogens (tertiary/aromatic N) is 2. The van der Waals surface area contributed by atoms with Gasteiger partial charge >= 0.3 is 0 Å². The molecule has 0 fully saturated rings. The van der Waals surface area contributed by atoms with Crippen LogP contribution in [0, 0.1) is 13.8 Å². The van der Waals surface area contributed by atoms with Gasteiger partial charge < -0.3 is 0 Å². The van der Waals surface area contributed by atoms with E-state index in [1.54, 1.807) is 10.9 Å². The van der Waals surface area contributed by atoms with Crippen molar-refractivity contribution in [3.63, 3.8) is 0 Å². The Morgan fingerprint density at radius 3 is 2.62 bits per heavy atom. The average molecular weight is 214 g/mol. The Kier molecular flexibility index (Phi) is 2.60. The lowest BCUT2D eigenvalue weighted by Gasteiger charge is -2.03. The fraction of sp³-hybridized carbons (Fsp3) is 0.231. The van der Waals surface area contributed by atoms with Crippen LogP contribution in [0.25, 0.3) is 11.3 Å². The van der Waals surface area contributed by atoms with Gasteiger partial charge in [-0.1, -0.05) is 12.1 Å². The summed E-state index contributed by atoms with van der Waals surface area (Å²) in [7, 11) is 1.82. The molecule has 0 saturated carbocycles. The minimum absolute atomic E-state index is 0.630. The van der Waals surface area contributed by atoms with E-state index in [1.165, 1.54) is 11.1 Å². The molecule has 0 atom stereocenters. The Morgan fingerprint density at radius 2 is 2.00 bits per heavy atom. The van der Waals surface area contributed by atoms with Gasteiger partial charge in [-0.2, -0.15) is 5.10 Å². The van der Waals surface area contributed by atoms with Gasteiger partial charge in [0, 0.05) is 18.8 Å². The van der Waals surface area contributed by atoms with Crippen molar-refractivity contribution < 1.29 is 4.79 Å². The number of carbonyl (C=O) groups is 1. The molecule has 1 heterocycles. The van der Waals surface area contributed by atoms with E-state index < -0.39 is 0 Å². The Morgan fingerprint density at radius 1 is 1.25 bits per heavy atom. The van der Waals surface area contributed by atoms with Crippen LogP contribution < -0.4 is 0 Å². The first-order chi connectivity index (χ1) is 7.61. The molecule has 1 aromatic carbocycles. The molecular weight excluding hydrogens is 200 g/mol. The summed E-state index contributed by atoms with van der Waals surface area (Å²) in [6, 6.07) is 6.11. The summed E-state index contributed by atoms with van der Waals surface area (Å²) in [5, 5.41) is 4.31. The van der Waals surface area contributed by atoms with Gasteiger partial charge in [0.25, 0.3) is 0 Å². The van der Waals surface area contributed by atoms with Crippen LogP contribution in [0.4, 0.5) is 0 Å². The van der Waals surface area contributed by atoms with Gasteiger partial charge in [-0.15, -0.1) is 0 Å². The van der Waals surface area contributed by atoms with Crippen molar-refractivity contribution in [2.75, 3.05) is 0 Å². The maximum Gasteiger partial charge on any atom is 0.153 e. The molecule has 0 aliphatic carbocycles. The van der Waals surface area contributed by atoms with Crippen LogP contribution >= 0.6 is 0 Å². The predicted octanol–water partition coefficient (Wildman–Crippen LogP) is 2.52. The maximum atomic E-state index is 10.9. The number of rotatable bonds is 2. The molecule has 16 heavy (non-hydrogen) atoms. The van der Waals surface area contributed by atoms with E-state index >= 15 is 0 Å². The Labute approximate surface area is 94.7 Å². The molecule has 3 heteroatoms. The van der Waals surface area contributed by atoms with Crippen LogP contribution in [0.5, 0.6) is 0 Å². The molecule has 0 amide bonds. The molecule has 3 nitrogen and oxygen atoms in total. The fourth-order valence-electron chi connectivity index (χ4n) is 1.71. The first-order valence-electron chi connectivity index (χ1n) is 5.18.